The van der Waals surface area contributed by atoms with E-state index in [1.165, 1.54) is 0 Å². The van der Waals surface area contributed by atoms with Gasteiger partial charge in [0.2, 0.25) is 5.91 Å². The summed E-state index contributed by atoms with van der Waals surface area (Å²) in [6, 6.07) is 6.97. The van der Waals surface area contributed by atoms with Gasteiger partial charge in [0, 0.05) is 37.7 Å². The van der Waals surface area contributed by atoms with Crippen LogP contribution in [0.4, 0.5) is 0 Å². The Balaban J connectivity index is 1.73. The number of halogens is 1. The highest BCUT2D eigenvalue weighted by Crippen LogP contribution is 2.17. The third-order valence-corrected chi connectivity index (χ3v) is 4.63. The fraction of sp³-hybridized carbons (Fsp3) is 0.579. The lowest BCUT2D eigenvalue weighted by atomic mass is 10.2. The van der Waals surface area contributed by atoms with Crippen LogP contribution in [0.2, 0.25) is 5.02 Å². The fourth-order valence-corrected chi connectivity index (χ4v) is 2.94. The molecule has 0 bridgehead atoms. The molecular formula is C19H28ClN3O3. The third kappa shape index (κ3) is 6.50. The van der Waals surface area contributed by atoms with Gasteiger partial charge in [-0.3, -0.25) is 14.5 Å². The molecule has 144 valence electrons. The zero-order chi connectivity index (χ0) is 18.9. The van der Waals surface area contributed by atoms with Crippen LogP contribution in [0.5, 0.6) is 5.75 Å². The van der Waals surface area contributed by atoms with Crippen LogP contribution in [-0.4, -0.2) is 67.0 Å². The quantitative estimate of drug-likeness (QED) is 0.701. The number of nitrogens with one attached hydrogen (secondary N) is 1. The zero-order valence-corrected chi connectivity index (χ0v) is 16.3. The van der Waals surface area contributed by atoms with Crippen molar-refractivity contribution in [1.82, 2.24) is 15.1 Å². The molecule has 6 nitrogen and oxygen atoms in total. The maximum Gasteiger partial charge on any atom is 0.263 e. The van der Waals surface area contributed by atoms with E-state index in [1.54, 1.807) is 36.1 Å². The van der Waals surface area contributed by atoms with Crippen LogP contribution in [0.25, 0.3) is 0 Å². The number of hydrogen-bond acceptors (Lipinski definition) is 4. The molecule has 0 aliphatic carbocycles. The van der Waals surface area contributed by atoms with Gasteiger partial charge in [0.25, 0.3) is 5.91 Å². The summed E-state index contributed by atoms with van der Waals surface area (Å²) in [4.78, 5) is 28.3. The standard InChI is InChI=1S/C19H28ClN3O3/c1-3-4-9-21-18(24)14-22-10-12-23(13-11-22)19(25)15(2)26-17-7-5-16(20)6-8-17/h5-8,15H,3-4,9-14H2,1-2H3,(H,21,24). The van der Waals surface area contributed by atoms with Crippen LogP contribution in [-0.2, 0) is 9.59 Å². The topological polar surface area (TPSA) is 61.9 Å². The predicted octanol–water partition coefficient (Wildman–Crippen LogP) is 2.17. The summed E-state index contributed by atoms with van der Waals surface area (Å²) in [7, 11) is 0. The molecule has 1 unspecified atom stereocenters. The van der Waals surface area contributed by atoms with Gasteiger partial charge in [-0.15, -0.1) is 0 Å². The monoisotopic (exact) mass is 381 g/mol. The van der Waals surface area contributed by atoms with Gasteiger partial charge in [0.1, 0.15) is 5.75 Å². The number of piperazine rings is 1. The van der Waals surface area contributed by atoms with E-state index in [4.69, 9.17) is 16.3 Å². The Morgan fingerprint density at radius 1 is 1.19 bits per heavy atom. The molecule has 2 rings (SSSR count). The predicted molar refractivity (Wildman–Crippen MR) is 102 cm³/mol. The lowest BCUT2D eigenvalue weighted by Crippen LogP contribution is -2.53. The largest absolute Gasteiger partial charge is 0.481 e. The van der Waals surface area contributed by atoms with Gasteiger partial charge >= 0.3 is 0 Å². The van der Waals surface area contributed by atoms with Crippen LogP contribution in [0.3, 0.4) is 0 Å². The number of nitrogens with zero attached hydrogens (tertiary/aromatic N) is 2. The second-order valence-corrected chi connectivity index (χ2v) is 6.96. The smallest absolute Gasteiger partial charge is 0.263 e. The van der Waals surface area contributed by atoms with E-state index in [2.05, 4.69) is 17.1 Å². The van der Waals surface area contributed by atoms with Crippen LogP contribution in [0.1, 0.15) is 26.7 Å². The van der Waals surface area contributed by atoms with Gasteiger partial charge in [-0.1, -0.05) is 24.9 Å². The van der Waals surface area contributed by atoms with Crippen molar-refractivity contribution < 1.29 is 14.3 Å². The van der Waals surface area contributed by atoms with Gasteiger partial charge in [-0.2, -0.15) is 0 Å². The minimum Gasteiger partial charge on any atom is -0.481 e. The van der Waals surface area contributed by atoms with Crippen LogP contribution >= 0.6 is 11.6 Å². The molecule has 1 saturated heterocycles. The summed E-state index contributed by atoms with van der Waals surface area (Å²) in [6.45, 7) is 7.58. The Morgan fingerprint density at radius 2 is 1.85 bits per heavy atom. The summed E-state index contributed by atoms with van der Waals surface area (Å²) in [5, 5.41) is 3.55. The molecule has 7 heteroatoms. The first-order valence-electron chi connectivity index (χ1n) is 9.19. The minimum atomic E-state index is -0.555. The average molecular weight is 382 g/mol. The lowest BCUT2D eigenvalue weighted by molar-refractivity contribution is -0.139. The first-order valence-corrected chi connectivity index (χ1v) is 9.57. The van der Waals surface area contributed by atoms with Crippen molar-refractivity contribution >= 4 is 23.4 Å². The highest BCUT2D eigenvalue weighted by atomic mass is 35.5. The molecule has 1 aliphatic rings. The molecule has 0 aromatic heterocycles. The fourth-order valence-electron chi connectivity index (χ4n) is 2.81. The number of rotatable bonds is 8. The Morgan fingerprint density at radius 3 is 2.46 bits per heavy atom. The van der Waals surface area contributed by atoms with Crippen molar-refractivity contribution in [3.8, 4) is 5.75 Å². The molecule has 1 aromatic carbocycles. The van der Waals surface area contributed by atoms with E-state index in [9.17, 15) is 9.59 Å². The van der Waals surface area contributed by atoms with Crippen LogP contribution in [0, 0.1) is 0 Å². The lowest BCUT2D eigenvalue weighted by Gasteiger charge is -2.35. The van der Waals surface area contributed by atoms with Crippen molar-refractivity contribution in [2.75, 3.05) is 39.3 Å². The molecule has 1 N–H and O–H groups in total. The zero-order valence-electron chi connectivity index (χ0n) is 15.5. The highest BCUT2D eigenvalue weighted by molar-refractivity contribution is 6.30. The molecule has 1 fully saturated rings. The van der Waals surface area contributed by atoms with Gasteiger partial charge in [0.15, 0.2) is 6.10 Å². The van der Waals surface area contributed by atoms with Crippen molar-refractivity contribution in [1.29, 1.82) is 0 Å². The number of carbonyl (C=O) groups excluding carboxylic acids is 2. The van der Waals surface area contributed by atoms with Gasteiger partial charge in [0.05, 0.1) is 6.54 Å². The summed E-state index contributed by atoms with van der Waals surface area (Å²) in [6.07, 6.45) is 1.51. The maximum absolute atomic E-state index is 12.5. The van der Waals surface area contributed by atoms with Gasteiger partial charge in [-0.25, -0.2) is 0 Å². The number of ether oxygens (including phenoxy) is 1. The van der Waals surface area contributed by atoms with Crippen LogP contribution < -0.4 is 10.1 Å². The molecule has 0 spiro atoms. The first-order chi connectivity index (χ1) is 12.5. The van der Waals surface area contributed by atoms with Gasteiger partial charge < -0.3 is 15.0 Å². The van der Waals surface area contributed by atoms with Crippen molar-refractivity contribution in [3.05, 3.63) is 29.3 Å². The van der Waals surface area contributed by atoms with E-state index in [1.807, 2.05) is 0 Å². The molecule has 26 heavy (non-hydrogen) atoms. The highest BCUT2D eigenvalue weighted by Gasteiger charge is 2.26. The number of amides is 2. The summed E-state index contributed by atoms with van der Waals surface area (Å²) in [5.41, 5.74) is 0. The number of carbonyl (C=O) groups is 2. The third-order valence-electron chi connectivity index (χ3n) is 4.38. The van der Waals surface area contributed by atoms with E-state index in [0.717, 1.165) is 19.4 Å². The average Bonchev–Trinajstić information content (AvgIpc) is 2.64. The normalized spacial score (nSPS) is 16.2. The second-order valence-electron chi connectivity index (χ2n) is 6.52. The summed E-state index contributed by atoms with van der Waals surface area (Å²) < 4.78 is 5.70. The number of benzene rings is 1. The molecule has 0 radical (unpaired) electrons. The molecule has 0 saturated carbocycles. The first kappa shape index (κ1) is 20.5. The molecule has 1 heterocycles. The Hall–Kier alpha value is -1.79. The molecule has 1 aliphatic heterocycles. The summed E-state index contributed by atoms with van der Waals surface area (Å²) >= 11 is 5.85. The van der Waals surface area contributed by atoms with E-state index in [-0.39, 0.29) is 11.8 Å². The number of unbranched alkanes of at least 4 members (excludes halogenated alkanes) is 1. The van der Waals surface area contributed by atoms with Crippen molar-refractivity contribution in [2.45, 2.75) is 32.8 Å². The molecule has 1 atom stereocenters. The van der Waals surface area contributed by atoms with E-state index < -0.39 is 6.10 Å². The Bertz CT molecular complexity index is 586. The van der Waals surface area contributed by atoms with Crippen molar-refractivity contribution in [2.24, 2.45) is 0 Å². The van der Waals surface area contributed by atoms with Crippen LogP contribution in [0.15, 0.2) is 24.3 Å². The van der Waals surface area contributed by atoms with Crippen molar-refractivity contribution in [3.63, 3.8) is 0 Å². The maximum atomic E-state index is 12.5. The second kappa shape index (κ2) is 10.4. The Labute approximate surface area is 160 Å². The summed E-state index contributed by atoms with van der Waals surface area (Å²) in [5.74, 6) is 0.641. The SMILES string of the molecule is CCCCNC(=O)CN1CCN(C(=O)C(C)Oc2ccc(Cl)cc2)CC1. The molecular weight excluding hydrogens is 354 g/mol. The van der Waals surface area contributed by atoms with Gasteiger partial charge in [-0.05, 0) is 37.6 Å². The Kier molecular flexibility index (Phi) is 8.19. The molecule has 2 amide bonds. The van der Waals surface area contributed by atoms with E-state index in [0.29, 0.717) is 43.5 Å². The minimum absolute atomic E-state index is 0.0352. The number of hydrogen-bond donors (Lipinski definition) is 1. The van der Waals surface area contributed by atoms with E-state index >= 15 is 0 Å². The molecule has 1 aromatic rings.